The highest BCUT2D eigenvalue weighted by Gasteiger charge is 1.99. The van der Waals surface area contributed by atoms with Crippen LogP contribution in [0.3, 0.4) is 0 Å². The maximum Gasteiger partial charge on any atom is 0.320 e. The molecule has 0 atom stereocenters. The van der Waals surface area contributed by atoms with Gasteiger partial charge in [0.2, 0.25) is 0 Å². The highest BCUT2D eigenvalue weighted by Crippen LogP contribution is 2.11. The first kappa shape index (κ1) is 10.5. The second kappa shape index (κ2) is 5.24. The van der Waals surface area contributed by atoms with Gasteiger partial charge in [0, 0.05) is 0 Å². The predicted octanol–water partition coefficient (Wildman–Crippen LogP) is 0.697. The van der Waals surface area contributed by atoms with E-state index in [1.165, 1.54) is 0 Å². The number of methoxy groups -OCH3 is 1. The van der Waals surface area contributed by atoms with Gasteiger partial charge in [0.15, 0.2) is 0 Å². The van der Waals surface area contributed by atoms with Crippen LogP contribution in [0.1, 0.15) is 5.56 Å². The summed E-state index contributed by atoms with van der Waals surface area (Å²) in [5.41, 5.74) is 6.00. The molecule has 2 N–H and O–H groups in total. The number of esters is 1. The number of hydrogen-bond acceptors (Lipinski definition) is 4. The zero-order valence-corrected chi connectivity index (χ0v) is 8.03. The smallest absolute Gasteiger partial charge is 0.320 e. The van der Waals surface area contributed by atoms with Gasteiger partial charge in [0.05, 0.1) is 13.7 Å². The van der Waals surface area contributed by atoms with E-state index < -0.39 is 5.97 Å². The number of carbonyl (C=O) groups excluding carboxylic acids is 1. The van der Waals surface area contributed by atoms with Crippen LogP contribution in [0.2, 0.25) is 0 Å². The van der Waals surface area contributed by atoms with Gasteiger partial charge in [-0.15, -0.1) is 0 Å². The van der Waals surface area contributed by atoms with Crippen molar-refractivity contribution < 1.29 is 14.3 Å². The summed E-state index contributed by atoms with van der Waals surface area (Å²) in [5, 5.41) is 0. The Kier molecular flexibility index (Phi) is 3.94. The summed E-state index contributed by atoms with van der Waals surface area (Å²) >= 11 is 0. The molecule has 0 aromatic heterocycles. The number of ether oxygens (including phenoxy) is 2. The lowest BCUT2D eigenvalue weighted by Crippen LogP contribution is -2.16. The van der Waals surface area contributed by atoms with Gasteiger partial charge in [-0.05, 0) is 17.7 Å². The van der Waals surface area contributed by atoms with Gasteiger partial charge in [-0.1, -0.05) is 12.1 Å². The number of benzene rings is 1. The first-order valence-corrected chi connectivity index (χ1v) is 4.25. The third-order valence-electron chi connectivity index (χ3n) is 1.73. The molecule has 76 valence electrons. The fraction of sp³-hybridized carbons (Fsp3) is 0.300. The molecular weight excluding hydrogens is 182 g/mol. The Bertz CT molecular complexity index is 295. The van der Waals surface area contributed by atoms with Crippen molar-refractivity contribution in [3.05, 3.63) is 29.8 Å². The maximum absolute atomic E-state index is 10.7. The summed E-state index contributed by atoms with van der Waals surface area (Å²) < 4.78 is 9.83. The zero-order chi connectivity index (χ0) is 10.4. The van der Waals surface area contributed by atoms with Crippen molar-refractivity contribution in [1.29, 1.82) is 0 Å². The number of rotatable bonds is 4. The third-order valence-corrected chi connectivity index (χ3v) is 1.73. The lowest BCUT2D eigenvalue weighted by Gasteiger charge is -2.04. The summed E-state index contributed by atoms with van der Waals surface area (Å²) in [7, 11) is 1.60. The van der Waals surface area contributed by atoms with Gasteiger partial charge in [-0.3, -0.25) is 4.79 Å². The van der Waals surface area contributed by atoms with E-state index in [2.05, 4.69) is 0 Å². The zero-order valence-electron chi connectivity index (χ0n) is 8.03. The molecule has 0 aliphatic carbocycles. The summed E-state index contributed by atoms with van der Waals surface area (Å²) in [4.78, 5) is 10.7. The minimum absolute atomic E-state index is 0.0871. The SMILES string of the molecule is COc1ccc(COC(=O)CN)cc1. The summed E-state index contributed by atoms with van der Waals surface area (Å²) in [6.45, 7) is 0.163. The fourth-order valence-corrected chi connectivity index (χ4v) is 0.945. The fourth-order valence-electron chi connectivity index (χ4n) is 0.945. The molecule has 0 saturated heterocycles. The molecule has 0 unspecified atom stereocenters. The molecule has 0 fully saturated rings. The van der Waals surface area contributed by atoms with E-state index in [1.54, 1.807) is 7.11 Å². The minimum atomic E-state index is -0.402. The second-order valence-corrected chi connectivity index (χ2v) is 2.71. The molecule has 0 saturated carbocycles. The normalized spacial score (nSPS) is 9.57. The van der Waals surface area contributed by atoms with Crippen molar-refractivity contribution in [2.75, 3.05) is 13.7 Å². The number of carbonyl (C=O) groups is 1. The van der Waals surface area contributed by atoms with E-state index in [0.717, 1.165) is 11.3 Å². The average Bonchev–Trinajstić information content (AvgIpc) is 2.26. The molecule has 4 heteroatoms. The van der Waals surface area contributed by atoms with Crippen molar-refractivity contribution in [2.24, 2.45) is 5.73 Å². The van der Waals surface area contributed by atoms with E-state index in [0.29, 0.717) is 0 Å². The summed E-state index contributed by atoms with van der Waals surface area (Å²) in [6.07, 6.45) is 0. The Morgan fingerprint density at radius 1 is 1.36 bits per heavy atom. The van der Waals surface area contributed by atoms with Crippen LogP contribution in [0.4, 0.5) is 0 Å². The van der Waals surface area contributed by atoms with E-state index in [4.69, 9.17) is 15.2 Å². The largest absolute Gasteiger partial charge is 0.497 e. The van der Waals surface area contributed by atoms with Gasteiger partial charge in [-0.25, -0.2) is 0 Å². The van der Waals surface area contributed by atoms with Crippen LogP contribution in [0.15, 0.2) is 24.3 Å². The van der Waals surface area contributed by atoms with Crippen LogP contribution in [-0.2, 0) is 16.1 Å². The molecule has 0 spiro atoms. The number of nitrogens with two attached hydrogens (primary N) is 1. The lowest BCUT2D eigenvalue weighted by atomic mass is 10.2. The van der Waals surface area contributed by atoms with Crippen LogP contribution in [-0.4, -0.2) is 19.6 Å². The molecule has 1 aromatic carbocycles. The van der Waals surface area contributed by atoms with Crippen LogP contribution >= 0.6 is 0 Å². The molecular formula is C10H13NO3. The molecule has 0 heterocycles. The highest BCUT2D eigenvalue weighted by molar-refractivity contribution is 5.71. The van der Waals surface area contributed by atoms with E-state index in [9.17, 15) is 4.79 Å². The molecule has 0 amide bonds. The van der Waals surface area contributed by atoms with Crippen LogP contribution in [0.25, 0.3) is 0 Å². The first-order chi connectivity index (χ1) is 6.76. The predicted molar refractivity (Wildman–Crippen MR) is 51.8 cm³/mol. The maximum atomic E-state index is 10.7. The van der Waals surface area contributed by atoms with Gasteiger partial charge in [-0.2, -0.15) is 0 Å². The van der Waals surface area contributed by atoms with Crippen LogP contribution in [0, 0.1) is 0 Å². The van der Waals surface area contributed by atoms with E-state index in [-0.39, 0.29) is 13.2 Å². The van der Waals surface area contributed by atoms with Crippen molar-refractivity contribution in [1.82, 2.24) is 0 Å². The van der Waals surface area contributed by atoms with E-state index in [1.807, 2.05) is 24.3 Å². The average molecular weight is 195 g/mol. The van der Waals surface area contributed by atoms with Crippen molar-refractivity contribution in [3.8, 4) is 5.75 Å². The Labute approximate surface area is 82.6 Å². The van der Waals surface area contributed by atoms with Crippen LogP contribution in [0.5, 0.6) is 5.75 Å². The molecule has 0 bridgehead atoms. The highest BCUT2D eigenvalue weighted by atomic mass is 16.5. The van der Waals surface area contributed by atoms with Crippen molar-refractivity contribution in [2.45, 2.75) is 6.61 Å². The summed E-state index contributed by atoms with van der Waals surface area (Å²) in [6, 6.07) is 7.29. The summed E-state index contributed by atoms with van der Waals surface area (Å²) in [5.74, 6) is 0.375. The monoisotopic (exact) mass is 195 g/mol. The van der Waals surface area contributed by atoms with Gasteiger partial charge in [0.1, 0.15) is 12.4 Å². The van der Waals surface area contributed by atoms with Crippen molar-refractivity contribution >= 4 is 5.97 Å². The minimum Gasteiger partial charge on any atom is -0.497 e. The Hall–Kier alpha value is -1.55. The van der Waals surface area contributed by atoms with E-state index >= 15 is 0 Å². The molecule has 0 aliphatic rings. The standard InChI is InChI=1S/C10H13NO3/c1-13-9-4-2-8(3-5-9)7-14-10(12)6-11/h2-5H,6-7,11H2,1H3. The second-order valence-electron chi connectivity index (χ2n) is 2.71. The first-order valence-electron chi connectivity index (χ1n) is 4.25. The Balaban J connectivity index is 2.47. The third kappa shape index (κ3) is 3.06. The topological polar surface area (TPSA) is 61.5 Å². The molecule has 14 heavy (non-hydrogen) atoms. The Morgan fingerprint density at radius 3 is 2.50 bits per heavy atom. The molecule has 4 nitrogen and oxygen atoms in total. The lowest BCUT2D eigenvalue weighted by molar-refractivity contribution is -0.143. The molecule has 1 rings (SSSR count). The molecule has 0 aliphatic heterocycles. The molecule has 1 aromatic rings. The quantitative estimate of drug-likeness (QED) is 0.718. The van der Waals surface area contributed by atoms with Gasteiger partial charge >= 0.3 is 5.97 Å². The van der Waals surface area contributed by atoms with Gasteiger partial charge in [0.25, 0.3) is 0 Å². The molecule has 0 radical (unpaired) electrons. The Morgan fingerprint density at radius 2 is 2.00 bits per heavy atom. The number of hydrogen-bond donors (Lipinski definition) is 1. The van der Waals surface area contributed by atoms with Crippen molar-refractivity contribution in [3.63, 3.8) is 0 Å². The van der Waals surface area contributed by atoms with Gasteiger partial charge < -0.3 is 15.2 Å². The van der Waals surface area contributed by atoms with Crippen LogP contribution < -0.4 is 10.5 Å².